The zero-order valence-electron chi connectivity index (χ0n) is 12.1. The third-order valence-corrected chi connectivity index (χ3v) is 3.83. The van der Waals surface area contributed by atoms with Crippen molar-refractivity contribution in [1.82, 2.24) is 24.7 Å². The van der Waals surface area contributed by atoms with E-state index in [0.29, 0.717) is 23.8 Å². The Morgan fingerprint density at radius 3 is 2.90 bits per heavy atom. The van der Waals surface area contributed by atoms with E-state index in [1.165, 1.54) is 12.8 Å². The molecule has 0 amide bonds. The molecule has 1 saturated heterocycles. The Bertz CT molecular complexity index is 582. The van der Waals surface area contributed by atoms with Crippen LogP contribution in [0.1, 0.15) is 26.2 Å². The van der Waals surface area contributed by atoms with Crippen LogP contribution in [0, 0.1) is 5.92 Å². The Labute approximate surface area is 123 Å². The monoisotopic (exact) mass is 288 g/mol. The summed E-state index contributed by atoms with van der Waals surface area (Å²) in [6, 6.07) is 1.83. The molecule has 0 aliphatic carbocycles. The molecule has 2 aromatic heterocycles. The van der Waals surface area contributed by atoms with Gasteiger partial charge in [-0.15, -0.1) is 0 Å². The van der Waals surface area contributed by atoms with Gasteiger partial charge in [-0.2, -0.15) is 20.1 Å². The highest BCUT2D eigenvalue weighted by Crippen LogP contribution is 2.23. The van der Waals surface area contributed by atoms with Crippen molar-refractivity contribution in [3.8, 4) is 5.95 Å². The number of nitrogens with one attached hydrogen (secondary N) is 1. The lowest BCUT2D eigenvalue weighted by atomic mass is 9.96. The molecular formula is C13H20N8. The van der Waals surface area contributed by atoms with E-state index in [4.69, 9.17) is 5.84 Å². The number of aromatic nitrogens is 5. The lowest BCUT2D eigenvalue weighted by Gasteiger charge is -2.32. The fraction of sp³-hybridized carbons (Fsp3) is 0.538. The number of nitrogen functional groups attached to an aromatic ring is 1. The maximum atomic E-state index is 5.47. The van der Waals surface area contributed by atoms with Crippen molar-refractivity contribution in [2.45, 2.75) is 26.2 Å². The zero-order valence-corrected chi connectivity index (χ0v) is 12.1. The van der Waals surface area contributed by atoms with Gasteiger partial charge in [-0.05, 0) is 24.8 Å². The van der Waals surface area contributed by atoms with Crippen LogP contribution in [0.25, 0.3) is 5.95 Å². The van der Waals surface area contributed by atoms with E-state index in [1.807, 2.05) is 6.07 Å². The minimum Gasteiger partial charge on any atom is -0.340 e. The van der Waals surface area contributed by atoms with E-state index in [0.717, 1.165) is 19.5 Å². The number of nitrogens with zero attached hydrogens (tertiary/aromatic N) is 6. The number of rotatable bonds is 4. The lowest BCUT2D eigenvalue weighted by molar-refractivity contribution is 0.401. The molecule has 1 fully saturated rings. The third-order valence-electron chi connectivity index (χ3n) is 3.83. The topological polar surface area (TPSA) is 97.8 Å². The van der Waals surface area contributed by atoms with Gasteiger partial charge in [0.1, 0.15) is 0 Å². The van der Waals surface area contributed by atoms with Crippen LogP contribution in [-0.4, -0.2) is 37.8 Å². The molecule has 1 unspecified atom stereocenters. The largest absolute Gasteiger partial charge is 0.340 e. The second-order valence-electron chi connectivity index (χ2n) is 5.22. The molecule has 0 aromatic carbocycles. The minimum atomic E-state index is 0.351. The summed E-state index contributed by atoms with van der Waals surface area (Å²) in [5.41, 5.74) is 2.50. The van der Waals surface area contributed by atoms with Crippen molar-refractivity contribution >= 4 is 11.9 Å². The molecule has 1 atom stereocenters. The fourth-order valence-corrected chi connectivity index (χ4v) is 2.63. The molecule has 1 aliphatic heterocycles. The predicted octanol–water partition coefficient (Wildman–Crippen LogP) is 0.969. The minimum absolute atomic E-state index is 0.351. The predicted molar refractivity (Wildman–Crippen MR) is 80.0 cm³/mol. The quantitative estimate of drug-likeness (QED) is 0.639. The van der Waals surface area contributed by atoms with Crippen molar-refractivity contribution in [1.29, 1.82) is 0 Å². The lowest BCUT2D eigenvalue weighted by Crippen LogP contribution is -2.36. The maximum absolute atomic E-state index is 5.47. The molecule has 8 heteroatoms. The third kappa shape index (κ3) is 2.94. The van der Waals surface area contributed by atoms with Gasteiger partial charge < -0.3 is 4.90 Å². The van der Waals surface area contributed by atoms with Crippen LogP contribution in [0.5, 0.6) is 0 Å². The summed E-state index contributed by atoms with van der Waals surface area (Å²) in [7, 11) is 0. The molecule has 112 valence electrons. The molecule has 1 aliphatic rings. The van der Waals surface area contributed by atoms with Crippen LogP contribution >= 0.6 is 0 Å². The summed E-state index contributed by atoms with van der Waals surface area (Å²) in [5.74, 6) is 7.64. The molecule has 0 radical (unpaired) electrons. The molecule has 0 bridgehead atoms. The molecule has 0 saturated carbocycles. The number of hydrazine groups is 1. The summed E-state index contributed by atoms with van der Waals surface area (Å²) in [4.78, 5) is 15.4. The van der Waals surface area contributed by atoms with E-state index in [2.05, 4.69) is 37.3 Å². The molecule has 3 heterocycles. The van der Waals surface area contributed by atoms with E-state index >= 15 is 0 Å². The van der Waals surface area contributed by atoms with Crippen molar-refractivity contribution < 1.29 is 0 Å². The molecule has 3 rings (SSSR count). The molecule has 21 heavy (non-hydrogen) atoms. The number of nitrogens with two attached hydrogens (primary N) is 1. The van der Waals surface area contributed by atoms with Crippen LogP contribution in [0.4, 0.5) is 11.9 Å². The average Bonchev–Trinajstić information content (AvgIpc) is 3.09. The van der Waals surface area contributed by atoms with E-state index in [-0.39, 0.29) is 0 Å². The molecule has 2 aromatic rings. The smallest absolute Gasteiger partial charge is 0.257 e. The van der Waals surface area contributed by atoms with Crippen molar-refractivity contribution in [3.05, 3.63) is 18.5 Å². The highest BCUT2D eigenvalue weighted by molar-refractivity contribution is 5.39. The summed E-state index contributed by atoms with van der Waals surface area (Å²) in [5, 5.41) is 4.16. The summed E-state index contributed by atoms with van der Waals surface area (Å²) < 4.78 is 1.60. The Morgan fingerprint density at radius 2 is 2.19 bits per heavy atom. The van der Waals surface area contributed by atoms with Crippen molar-refractivity contribution in [2.75, 3.05) is 23.4 Å². The second kappa shape index (κ2) is 6.04. The van der Waals surface area contributed by atoms with Gasteiger partial charge in [0.05, 0.1) is 0 Å². The van der Waals surface area contributed by atoms with Gasteiger partial charge in [0.2, 0.25) is 11.9 Å². The second-order valence-corrected chi connectivity index (χ2v) is 5.22. The highest BCUT2D eigenvalue weighted by atomic mass is 15.4. The molecule has 8 nitrogen and oxygen atoms in total. The fourth-order valence-electron chi connectivity index (χ4n) is 2.63. The summed E-state index contributed by atoms with van der Waals surface area (Å²) in [6.45, 7) is 4.16. The van der Waals surface area contributed by atoms with Crippen LogP contribution in [0.3, 0.4) is 0 Å². The highest BCUT2D eigenvalue weighted by Gasteiger charge is 2.22. The van der Waals surface area contributed by atoms with Crippen LogP contribution < -0.4 is 16.2 Å². The van der Waals surface area contributed by atoms with Crippen LogP contribution in [0.2, 0.25) is 0 Å². The van der Waals surface area contributed by atoms with E-state index in [1.54, 1.807) is 17.1 Å². The van der Waals surface area contributed by atoms with Crippen molar-refractivity contribution in [2.24, 2.45) is 11.8 Å². The van der Waals surface area contributed by atoms with Gasteiger partial charge in [-0.3, -0.25) is 5.43 Å². The van der Waals surface area contributed by atoms with Crippen molar-refractivity contribution in [3.63, 3.8) is 0 Å². The van der Waals surface area contributed by atoms with Gasteiger partial charge in [0, 0.05) is 25.5 Å². The van der Waals surface area contributed by atoms with Gasteiger partial charge >= 0.3 is 0 Å². The van der Waals surface area contributed by atoms with Crippen LogP contribution in [-0.2, 0) is 0 Å². The van der Waals surface area contributed by atoms with Crippen LogP contribution in [0.15, 0.2) is 18.5 Å². The van der Waals surface area contributed by atoms with E-state index in [9.17, 15) is 0 Å². The van der Waals surface area contributed by atoms with E-state index < -0.39 is 0 Å². The summed E-state index contributed by atoms with van der Waals surface area (Å²) in [6.07, 6.45) is 7.09. The normalized spacial score (nSPS) is 18.8. The number of anilines is 2. The number of piperidine rings is 1. The van der Waals surface area contributed by atoms with Gasteiger partial charge in [-0.25, -0.2) is 10.5 Å². The zero-order chi connectivity index (χ0) is 14.7. The summed E-state index contributed by atoms with van der Waals surface area (Å²) >= 11 is 0. The molecule has 3 N–H and O–H groups in total. The van der Waals surface area contributed by atoms with Gasteiger partial charge in [0.25, 0.3) is 5.95 Å². The first-order valence-corrected chi connectivity index (χ1v) is 7.27. The number of hydrogen-bond acceptors (Lipinski definition) is 7. The first kappa shape index (κ1) is 13.7. The SMILES string of the molecule is CCC1CCCN(c2nc(NN)nc(-n3cccn3)n2)C1. The first-order valence-electron chi connectivity index (χ1n) is 7.27. The Hall–Kier alpha value is -2.22. The Kier molecular flexibility index (Phi) is 3.96. The molecule has 0 spiro atoms. The Morgan fingerprint density at radius 1 is 1.33 bits per heavy atom. The number of hydrogen-bond donors (Lipinski definition) is 2. The van der Waals surface area contributed by atoms with Gasteiger partial charge in [-0.1, -0.05) is 13.3 Å². The molecular weight excluding hydrogens is 268 g/mol. The Balaban J connectivity index is 1.92. The average molecular weight is 288 g/mol. The van der Waals surface area contributed by atoms with Gasteiger partial charge in [0.15, 0.2) is 0 Å². The first-order chi connectivity index (χ1) is 10.3. The standard InChI is InChI=1S/C13H20N8/c1-2-10-5-3-7-20(9-10)12-16-11(19-14)17-13(18-12)21-8-4-6-15-21/h4,6,8,10H,2-3,5,7,9,14H2,1H3,(H,16,17,18,19). The maximum Gasteiger partial charge on any atom is 0.257 e.